The number of rotatable bonds is 2. The molecule has 1 heteroatoms. The predicted octanol–water partition coefficient (Wildman–Crippen LogP) is 3.12. The van der Waals surface area contributed by atoms with E-state index in [9.17, 15) is 0 Å². The fourth-order valence-electron chi connectivity index (χ4n) is 2.67. The van der Waals surface area contributed by atoms with Gasteiger partial charge in [-0.1, -0.05) is 24.8 Å². The molecule has 0 amide bonds. The number of fused-ring (bicyclic) bond motifs is 1. The van der Waals surface area contributed by atoms with Gasteiger partial charge in [0, 0.05) is 18.8 Å². The largest absolute Gasteiger partial charge is 0.371 e. The lowest BCUT2D eigenvalue weighted by Crippen LogP contribution is -2.35. The summed E-state index contributed by atoms with van der Waals surface area (Å²) in [6, 6.07) is 0. The van der Waals surface area contributed by atoms with Gasteiger partial charge in [0.05, 0.1) is 0 Å². The van der Waals surface area contributed by atoms with Crippen LogP contribution < -0.4 is 0 Å². The first-order valence-electron chi connectivity index (χ1n) is 6.11. The molecule has 1 atom stereocenters. The van der Waals surface area contributed by atoms with E-state index in [1.54, 1.807) is 5.57 Å². The van der Waals surface area contributed by atoms with Crippen LogP contribution in [0.25, 0.3) is 0 Å². The Morgan fingerprint density at radius 2 is 2.27 bits per heavy atom. The van der Waals surface area contributed by atoms with Crippen molar-refractivity contribution < 1.29 is 0 Å². The number of allylic oxidation sites excluding steroid dienone is 4. The lowest BCUT2D eigenvalue weighted by molar-refractivity contribution is 0.287. The van der Waals surface area contributed by atoms with Crippen molar-refractivity contribution in [1.82, 2.24) is 4.90 Å². The van der Waals surface area contributed by atoms with E-state index < -0.39 is 0 Å². The fraction of sp³-hybridized carbons (Fsp3) is 0.571. The molecule has 0 aromatic heterocycles. The van der Waals surface area contributed by atoms with Crippen LogP contribution in [0.2, 0.25) is 0 Å². The predicted molar refractivity (Wildman–Crippen MR) is 63.4 cm³/mol. The Morgan fingerprint density at radius 3 is 3.07 bits per heavy atom. The molecule has 1 heterocycles. The molecule has 2 fully saturated rings. The van der Waals surface area contributed by atoms with Gasteiger partial charge in [-0.25, -0.2) is 0 Å². The van der Waals surface area contributed by atoms with E-state index in [4.69, 9.17) is 0 Å². The van der Waals surface area contributed by atoms with Crippen LogP contribution in [0.3, 0.4) is 0 Å². The molecule has 1 saturated carbocycles. The Labute approximate surface area is 92.2 Å². The van der Waals surface area contributed by atoms with Crippen molar-refractivity contribution in [2.45, 2.75) is 25.7 Å². The SMILES string of the molecule is C=C1CC2CC=CC=C2CN1CC1CC1. The molecule has 0 bridgehead atoms. The van der Waals surface area contributed by atoms with Crippen molar-refractivity contribution in [3.05, 3.63) is 36.1 Å². The second-order valence-corrected chi connectivity index (χ2v) is 5.20. The maximum atomic E-state index is 4.24. The molecule has 1 unspecified atom stereocenters. The quantitative estimate of drug-likeness (QED) is 0.663. The lowest BCUT2D eigenvalue weighted by Gasteiger charge is -2.38. The highest BCUT2D eigenvalue weighted by Crippen LogP contribution is 2.37. The van der Waals surface area contributed by atoms with Crippen molar-refractivity contribution in [1.29, 1.82) is 0 Å². The number of likely N-dealkylation sites (tertiary alicyclic amines) is 1. The summed E-state index contributed by atoms with van der Waals surface area (Å²) in [5, 5.41) is 0. The molecular weight excluding hydrogens is 182 g/mol. The molecule has 0 spiro atoms. The third kappa shape index (κ3) is 1.88. The Bertz CT molecular complexity index is 333. The maximum absolute atomic E-state index is 4.24. The van der Waals surface area contributed by atoms with Crippen LogP contribution in [-0.2, 0) is 0 Å². The first kappa shape index (κ1) is 9.26. The highest BCUT2D eigenvalue weighted by atomic mass is 15.1. The van der Waals surface area contributed by atoms with Crippen molar-refractivity contribution in [3.63, 3.8) is 0 Å². The van der Waals surface area contributed by atoms with Gasteiger partial charge in [-0.05, 0) is 43.1 Å². The zero-order chi connectivity index (χ0) is 10.3. The summed E-state index contributed by atoms with van der Waals surface area (Å²) in [5.74, 6) is 1.73. The van der Waals surface area contributed by atoms with E-state index in [1.807, 2.05) is 0 Å². The molecule has 0 aromatic carbocycles. The van der Waals surface area contributed by atoms with E-state index in [1.165, 1.54) is 37.9 Å². The third-order valence-corrected chi connectivity index (χ3v) is 3.87. The molecule has 0 aromatic rings. The summed E-state index contributed by atoms with van der Waals surface area (Å²) in [6.45, 7) is 6.64. The summed E-state index contributed by atoms with van der Waals surface area (Å²) in [4.78, 5) is 2.51. The standard InChI is InChI=1S/C14H19N/c1-11-8-13-4-2-3-5-14(13)10-15(11)9-12-6-7-12/h2-3,5,12-13H,1,4,6-10H2. The second kappa shape index (κ2) is 3.55. The van der Waals surface area contributed by atoms with Crippen molar-refractivity contribution in [2.75, 3.05) is 13.1 Å². The van der Waals surface area contributed by atoms with Crippen LogP contribution in [0, 0.1) is 11.8 Å². The average Bonchev–Trinajstić information content (AvgIpc) is 3.03. The van der Waals surface area contributed by atoms with Crippen LogP contribution in [0.4, 0.5) is 0 Å². The van der Waals surface area contributed by atoms with Gasteiger partial charge < -0.3 is 4.90 Å². The van der Waals surface area contributed by atoms with Gasteiger partial charge in [0.2, 0.25) is 0 Å². The van der Waals surface area contributed by atoms with Gasteiger partial charge in [0.15, 0.2) is 0 Å². The fourth-order valence-corrected chi connectivity index (χ4v) is 2.67. The van der Waals surface area contributed by atoms with Crippen molar-refractivity contribution >= 4 is 0 Å². The van der Waals surface area contributed by atoms with Gasteiger partial charge in [0.25, 0.3) is 0 Å². The molecular formula is C14H19N. The second-order valence-electron chi connectivity index (χ2n) is 5.20. The Morgan fingerprint density at radius 1 is 1.40 bits per heavy atom. The Kier molecular flexibility index (Phi) is 2.19. The molecule has 80 valence electrons. The van der Waals surface area contributed by atoms with E-state index >= 15 is 0 Å². The normalized spacial score (nSPS) is 30.1. The zero-order valence-electron chi connectivity index (χ0n) is 9.28. The summed E-state index contributed by atoms with van der Waals surface area (Å²) < 4.78 is 0. The summed E-state index contributed by atoms with van der Waals surface area (Å²) in [6.07, 6.45) is 12.1. The minimum atomic E-state index is 0.762. The lowest BCUT2D eigenvalue weighted by atomic mass is 9.84. The zero-order valence-corrected chi connectivity index (χ0v) is 9.28. The van der Waals surface area contributed by atoms with E-state index in [0.717, 1.165) is 18.4 Å². The molecule has 0 radical (unpaired) electrons. The van der Waals surface area contributed by atoms with Gasteiger partial charge in [-0.2, -0.15) is 0 Å². The van der Waals surface area contributed by atoms with Crippen LogP contribution in [0.5, 0.6) is 0 Å². The average molecular weight is 201 g/mol. The van der Waals surface area contributed by atoms with E-state index in [-0.39, 0.29) is 0 Å². The Hall–Kier alpha value is -0.980. The summed E-state index contributed by atoms with van der Waals surface area (Å²) in [7, 11) is 0. The smallest absolute Gasteiger partial charge is 0.0391 e. The van der Waals surface area contributed by atoms with Gasteiger partial charge in [-0.3, -0.25) is 0 Å². The molecule has 3 rings (SSSR count). The monoisotopic (exact) mass is 201 g/mol. The third-order valence-electron chi connectivity index (χ3n) is 3.87. The molecule has 2 aliphatic carbocycles. The minimum Gasteiger partial charge on any atom is -0.371 e. The molecule has 1 nitrogen and oxygen atoms in total. The van der Waals surface area contributed by atoms with Gasteiger partial charge in [-0.15, -0.1) is 0 Å². The minimum absolute atomic E-state index is 0.762. The van der Waals surface area contributed by atoms with Crippen molar-refractivity contribution in [2.24, 2.45) is 11.8 Å². The molecule has 3 aliphatic rings. The number of hydrogen-bond acceptors (Lipinski definition) is 1. The first-order valence-corrected chi connectivity index (χ1v) is 6.11. The van der Waals surface area contributed by atoms with Crippen LogP contribution in [0.1, 0.15) is 25.7 Å². The molecule has 1 aliphatic heterocycles. The summed E-state index contributed by atoms with van der Waals surface area (Å²) in [5.41, 5.74) is 3.00. The van der Waals surface area contributed by atoms with Gasteiger partial charge >= 0.3 is 0 Å². The van der Waals surface area contributed by atoms with E-state index in [2.05, 4.69) is 29.7 Å². The highest BCUT2D eigenvalue weighted by Gasteiger charge is 2.30. The van der Waals surface area contributed by atoms with Crippen LogP contribution in [-0.4, -0.2) is 18.0 Å². The number of nitrogens with zero attached hydrogens (tertiary/aromatic N) is 1. The van der Waals surface area contributed by atoms with Crippen LogP contribution in [0.15, 0.2) is 36.1 Å². The maximum Gasteiger partial charge on any atom is 0.0391 e. The first-order chi connectivity index (χ1) is 7.33. The summed E-state index contributed by atoms with van der Waals surface area (Å²) >= 11 is 0. The molecule has 0 N–H and O–H groups in total. The highest BCUT2D eigenvalue weighted by molar-refractivity contribution is 5.27. The molecule has 15 heavy (non-hydrogen) atoms. The topological polar surface area (TPSA) is 3.24 Å². The number of piperidine rings is 1. The molecule has 1 saturated heterocycles. The number of hydrogen-bond donors (Lipinski definition) is 0. The Balaban J connectivity index is 1.72. The van der Waals surface area contributed by atoms with Gasteiger partial charge in [0.1, 0.15) is 0 Å². The van der Waals surface area contributed by atoms with Crippen LogP contribution >= 0.6 is 0 Å². The van der Waals surface area contributed by atoms with E-state index in [0.29, 0.717) is 0 Å². The van der Waals surface area contributed by atoms with Crippen molar-refractivity contribution in [3.8, 4) is 0 Å².